The molecule has 1 nitrogen and oxygen atoms in total. The van der Waals surface area contributed by atoms with Crippen LogP contribution in [0.3, 0.4) is 0 Å². The summed E-state index contributed by atoms with van der Waals surface area (Å²) in [5.41, 5.74) is 2.70. The van der Waals surface area contributed by atoms with Gasteiger partial charge in [-0.3, -0.25) is 0 Å². The van der Waals surface area contributed by atoms with E-state index in [4.69, 9.17) is 0 Å². The first-order valence-corrected chi connectivity index (χ1v) is 6.81. The molecule has 1 N–H and O–H groups in total. The fraction of sp³-hybridized carbons (Fsp3) is 0.625. The van der Waals surface area contributed by atoms with Crippen molar-refractivity contribution in [3.8, 4) is 0 Å². The molecule has 1 aliphatic rings. The van der Waals surface area contributed by atoms with Gasteiger partial charge in [0.25, 0.3) is 0 Å². The van der Waals surface area contributed by atoms with E-state index in [0.29, 0.717) is 5.92 Å². The van der Waals surface area contributed by atoms with Crippen LogP contribution in [0.5, 0.6) is 0 Å². The Bertz CT molecular complexity index is 381. The third kappa shape index (κ3) is 2.55. The fourth-order valence-corrected chi connectivity index (χ4v) is 3.17. The number of benzene rings is 1. The van der Waals surface area contributed by atoms with E-state index in [9.17, 15) is 5.11 Å². The lowest BCUT2D eigenvalue weighted by Gasteiger charge is -2.31. The minimum Gasteiger partial charge on any atom is -0.388 e. The number of hydrogen-bond donors (Lipinski definition) is 1. The molecular weight excluding hydrogens is 208 g/mol. The summed E-state index contributed by atoms with van der Waals surface area (Å²) in [5, 5.41) is 10.6. The van der Waals surface area contributed by atoms with Crippen molar-refractivity contribution in [3.63, 3.8) is 0 Å². The van der Waals surface area contributed by atoms with Gasteiger partial charge in [0, 0.05) is 0 Å². The summed E-state index contributed by atoms with van der Waals surface area (Å²) in [6.07, 6.45) is 4.39. The highest BCUT2D eigenvalue weighted by molar-refractivity contribution is 5.26. The highest BCUT2D eigenvalue weighted by Gasteiger charge is 2.39. The van der Waals surface area contributed by atoms with Crippen molar-refractivity contribution in [1.29, 1.82) is 0 Å². The molecule has 2 rings (SSSR count). The van der Waals surface area contributed by atoms with Gasteiger partial charge in [0.15, 0.2) is 0 Å². The topological polar surface area (TPSA) is 20.2 Å². The van der Waals surface area contributed by atoms with E-state index in [1.54, 1.807) is 0 Å². The summed E-state index contributed by atoms with van der Waals surface area (Å²) in [7, 11) is 0. The first-order valence-electron chi connectivity index (χ1n) is 6.81. The lowest BCUT2D eigenvalue weighted by molar-refractivity contribution is 0.0531. The van der Waals surface area contributed by atoms with E-state index < -0.39 is 0 Å². The number of aryl methyl sites for hydroxylation is 1. The number of rotatable bonds is 3. The van der Waals surface area contributed by atoms with E-state index >= 15 is 0 Å². The molecule has 1 aromatic carbocycles. The van der Waals surface area contributed by atoms with Gasteiger partial charge in [-0.05, 0) is 41.7 Å². The highest BCUT2D eigenvalue weighted by Crippen LogP contribution is 2.48. The molecular formula is C16H24O. The standard InChI is InChI=1S/C16H24O/c1-4-12-7-5-8-13(11-12)15(17)14-9-6-10-16(14,2)3/h5,7-8,11,14-15,17H,4,6,9-10H2,1-3H3. The number of aliphatic hydroxyl groups is 1. The predicted octanol–water partition coefficient (Wildman–Crippen LogP) is 4.11. The first-order chi connectivity index (χ1) is 8.04. The van der Waals surface area contributed by atoms with Crippen molar-refractivity contribution < 1.29 is 5.11 Å². The smallest absolute Gasteiger partial charge is 0.0823 e. The minimum absolute atomic E-state index is 0.279. The second kappa shape index (κ2) is 4.81. The zero-order valence-corrected chi connectivity index (χ0v) is 11.2. The zero-order chi connectivity index (χ0) is 12.5. The summed E-state index contributed by atoms with van der Waals surface area (Å²) >= 11 is 0. The Morgan fingerprint density at radius 3 is 2.76 bits per heavy atom. The second-order valence-electron chi connectivity index (χ2n) is 6.03. The van der Waals surface area contributed by atoms with Crippen LogP contribution < -0.4 is 0 Å². The third-order valence-corrected chi connectivity index (χ3v) is 4.42. The Kier molecular flexibility index (Phi) is 3.58. The van der Waals surface area contributed by atoms with Crippen molar-refractivity contribution in [2.75, 3.05) is 0 Å². The monoisotopic (exact) mass is 232 g/mol. The van der Waals surface area contributed by atoms with E-state index in [1.165, 1.54) is 18.4 Å². The summed E-state index contributed by atoms with van der Waals surface area (Å²) in [6, 6.07) is 8.44. The van der Waals surface area contributed by atoms with E-state index in [1.807, 2.05) is 0 Å². The van der Waals surface area contributed by atoms with E-state index in [2.05, 4.69) is 45.0 Å². The predicted molar refractivity (Wildman–Crippen MR) is 71.9 cm³/mol. The summed E-state index contributed by atoms with van der Waals surface area (Å²) in [6.45, 7) is 6.74. The van der Waals surface area contributed by atoms with Crippen molar-refractivity contribution in [2.24, 2.45) is 11.3 Å². The van der Waals surface area contributed by atoms with Crippen LogP contribution in [0.25, 0.3) is 0 Å². The molecule has 0 spiro atoms. The lowest BCUT2D eigenvalue weighted by atomic mass is 9.76. The van der Waals surface area contributed by atoms with E-state index in [0.717, 1.165) is 18.4 Å². The molecule has 1 saturated carbocycles. The molecule has 0 bridgehead atoms. The molecule has 0 aliphatic heterocycles. The van der Waals surface area contributed by atoms with Gasteiger partial charge in [-0.15, -0.1) is 0 Å². The zero-order valence-electron chi connectivity index (χ0n) is 11.2. The largest absolute Gasteiger partial charge is 0.388 e. The van der Waals surface area contributed by atoms with Crippen molar-refractivity contribution in [2.45, 2.75) is 52.6 Å². The van der Waals surface area contributed by atoms with Gasteiger partial charge in [0.05, 0.1) is 6.10 Å². The molecule has 0 saturated heterocycles. The first kappa shape index (κ1) is 12.6. The fourth-order valence-electron chi connectivity index (χ4n) is 3.17. The Labute approximate surface area is 105 Å². The Morgan fingerprint density at radius 1 is 1.41 bits per heavy atom. The summed E-state index contributed by atoms with van der Waals surface area (Å²) in [5.74, 6) is 0.412. The van der Waals surface area contributed by atoms with Gasteiger partial charge in [-0.2, -0.15) is 0 Å². The molecule has 0 radical (unpaired) electrons. The van der Waals surface area contributed by atoms with Crippen LogP contribution in [0.2, 0.25) is 0 Å². The maximum Gasteiger partial charge on any atom is 0.0823 e. The van der Waals surface area contributed by atoms with Crippen LogP contribution >= 0.6 is 0 Å². The van der Waals surface area contributed by atoms with Crippen LogP contribution in [0, 0.1) is 11.3 Å². The molecule has 1 aliphatic carbocycles. The Morgan fingerprint density at radius 2 is 2.18 bits per heavy atom. The number of aliphatic hydroxyl groups excluding tert-OH is 1. The van der Waals surface area contributed by atoms with Crippen molar-refractivity contribution >= 4 is 0 Å². The molecule has 2 unspecified atom stereocenters. The average Bonchev–Trinajstić information content (AvgIpc) is 2.68. The molecule has 0 amide bonds. The third-order valence-electron chi connectivity index (χ3n) is 4.42. The van der Waals surface area contributed by atoms with Gasteiger partial charge < -0.3 is 5.11 Å². The van der Waals surface area contributed by atoms with Gasteiger partial charge in [0.1, 0.15) is 0 Å². The molecule has 1 heteroatoms. The van der Waals surface area contributed by atoms with Crippen LogP contribution in [0.4, 0.5) is 0 Å². The van der Waals surface area contributed by atoms with Crippen LogP contribution in [-0.2, 0) is 6.42 Å². The van der Waals surface area contributed by atoms with Crippen molar-refractivity contribution in [1.82, 2.24) is 0 Å². The maximum atomic E-state index is 10.6. The van der Waals surface area contributed by atoms with E-state index in [-0.39, 0.29) is 11.5 Å². The molecule has 0 aromatic heterocycles. The lowest BCUT2D eigenvalue weighted by Crippen LogP contribution is -2.24. The normalized spacial score (nSPS) is 24.8. The van der Waals surface area contributed by atoms with Gasteiger partial charge in [-0.1, -0.05) is 51.5 Å². The van der Waals surface area contributed by atoms with Crippen LogP contribution in [0.1, 0.15) is 57.3 Å². The van der Waals surface area contributed by atoms with Crippen LogP contribution in [-0.4, -0.2) is 5.11 Å². The molecule has 2 atom stereocenters. The Hall–Kier alpha value is -0.820. The van der Waals surface area contributed by atoms with Gasteiger partial charge >= 0.3 is 0 Å². The molecule has 94 valence electrons. The minimum atomic E-state index is -0.293. The highest BCUT2D eigenvalue weighted by atomic mass is 16.3. The SMILES string of the molecule is CCc1cccc(C(O)C2CCCC2(C)C)c1. The van der Waals surface area contributed by atoms with Gasteiger partial charge in [-0.25, -0.2) is 0 Å². The summed E-state index contributed by atoms with van der Waals surface area (Å²) in [4.78, 5) is 0. The number of hydrogen-bond acceptors (Lipinski definition) is 1. The second-order valence-corrected chi connectivity index (χ2v) is 6.03. The average molecular weight is 232 g/mol. The quantitative estimate of drug-likeness (QED) is 0.831. The maximum absolute atomic E-state index is 10.6. The Balaban J connectivity index is 2.21. The summed E-state index contributed by atoms with van der Waals surface area (Å²) < 4.78 is 0. The molecule has 0 heterocycles. The molecule has 1 aromatic rings. The molecule has 17 heavy (non-hydrogen) atoms. The van der Waals surface area contributed by atoms with Crippen molar-refractivity contribution in [3.05, 3.63) is 35.4 Å². The van der Waals surface area contributed by atoms with Crippen LogP contribution in [0.15, 0.2) is 24.3 Å². The molecule has 1 fully saturated rings. The van der Waals surface area contributed by atoms with Gasteiger partial charge in [0.2, 0.25) is 0 Å².